The molecule has 2 aromatic rings. The number of amides is 1. The van der Waals surface area contributed by atoms with E-state index in [9.17, 15) is 4.79 Å². The van der Waals surface area contributed by atoms with E-state index in [1.807, 2.05) is 13.0 Å². The summed E-state index contributed by atoms with van der Waals surface area (Å²) in [5.41, 5.74) is 3.64. The zero-order valence-electron chi connectivity index (χ0n) is 14.7. The first-order valence-electron chi connectivity index (χ1n) is 8.46. The van der Waals surface area contributed by atoms with E-state index in [2.05, 4.69) is 59.2 Å². The molecule has 0 radical (unpaired) electrons. The average molecular weight is 324 g/mol. The van der Waals surface area contributed by atoms with Gasteiger partial charge in [-0.15, -0.1) is 0 Å². The summed E-state index contributed by atoms with van der Waals surface area (Å²) in [5, 5.41) is 2.93. The molecule has 0 saturated heterocycles. The van der Waals surface area contributed by atoms with Gasteiger partial charge in [0.1, 0.15) is 5.69 Å². The topological polar surface area (TPSA) is 58.1 Å². The van der Waals surface area contributed by atoms with E-state index in [-0.39, 0.29) is 11.9 Å². The molecular weight excluding hydrogens is 300 g/mol. The van der Waals surface area contributed by atoms with Crippen LogP contribution in [0.3, 0.4) is 0 Å². The zero-order chi connectivity index (χ0) is 17.3. The van der Waals surface area contributed by atoms with Crippen LogP contribution in [0.25, 0.3) is 0 Å². The molecule has 1 aliphatic rings. The highest BCUT2D eigenvalue weighted by Crippen LogP contribution is 2.36. The Balaban J connectivity index is 1.93. The van der Waals surface area contributed by atoms with Crippen molar-refractivity contribution in [3.63, 3.8) is 0 Å². The van der Waals surface area contributed by atoms with Crippen molar-refractivity contribution in [2.24, 2.45) is 5.92 Å². The van der Waals surface area contributed by atoms with Crippen molar-refractivity contribution in [2.45, 2.75) is 40.2 Å². The quantitative estimate of drug-likeness (QED) is 0.938. The Bertz CT molecular complexity index is 757. The second-order valence-corrected chi connectivity index (χ2v) is 6.85. The molecule has 5 nitrogen and oxygen atoms in total. The maximum absolute atomic E-state index is 12.4. The van der Waals surface area contributed by atoms with Gasteiger partial charge in [0, 0.05) is 24.0 Å². The third-order valence-corrected chi connectivity index (χ3v) is 4.17. The molecule has 0 bridgehead atoms. The van der Waals surface area contributed by atoms with Crippen LogP contribution in [-0.4, -0.2) is 28.5 Å². The fourth-order valence-electron chi connectivity index (χ4n) is 3.03. The Morgan fingerprint density at radius 2 is 2.08 bits per heavy atom. The van der Waals surface area contributed by atoms with Crippen LogP contribution in [0.5, 0.6) is 0 Å². The predicted octanol–water partition coefficient (Wildman–Crippen LogP) is 3.25. The van der Waals surface area contributed by atoms with Gasteiger partial charge in [-0.25, -0.2) is 9.97 Å². The number of aryl methyl sites for hydroxylation is 1. The van der Waals surface area contributed by atoms with E-state index in [1.54, 1.807) is 6.07 Å². The number of aromatic nitrogens is 2. The van der Waals surface area contributed by atoms with Gasteiger partial charge in [-0.2, -0.15) is 0 Å². The molecule has 0 saturated carbocycles. The second kappa shape index (κ2) is 6.59. The number of hydrogen-bond donors (Lipinski definition) is 1. The first kappa shape index (κ1) is 16.4. The molecule has 1 N–H and O–H groups in total. The lowest BCUT2D eigenvalue weighted by atomic mass is 10.1. The predicted molar refractivity (Wildman–Crippen MR) is 95.7 cm³/mol. The number of carbonyl (C=O) groups excluding carboxylic acids is 1. The van der Waals surface area contributed by atoms with E-state index < -0.39 is 0 Å². The molecule has 0 fully saturated rings. The fraction of sp³-hybridized carbons (Fsp3) is 0.421. The van der Waals surface area contributed by atoms with Crippen LogP contribution in [0, 0.1) is 12.8 Å². The fourth-order valence-corrected chi connectivity index (χ4v) is 3.03. The van der Waals surface area contributed by atoms with E-state index in [0.717, 1.165) is 17.8 Å². The van der Waals surface area contributed by atoms with Crippen LogP contribution >= 0.6 is 0 Å². The Labute approximate surface area is 143 Å². The van der Waals surface area contributed by atoms with Crippen LogP contribution in [0.15, 0.2) is 30.3 Å². The summed E-state index contributed by atoms with van der Waals surface area (Å²) in [6.07, 6.45) is 0.961. The van der Waals surface area contributed by atoms with Crippen LogP contribution in [0.4, 0.5) is 11.6 Å². The average Bonchev–Trinajstić information content (AvgIpc) is 2.87. The van der Waals surface area contributed by atoms with E-state index in [1.165, 1.54) is 5.56 Å². The van der Waals surface area contributed by atoms with Crippen molar-refractivity contribution >= 4 is 17.5 Å². The van der Waals surface area contributed by atoms with Crippen molar-refractivity contribution in [1.29, 1.82) is 0 Å². The summed E-state index contributed by atoms with van der Waals surface area (Å²) in [6, 6.07) is 10.3. The summed E-state index contributed by atoms with van der Waals surface area (Å²) in [7, 11) is 0. The second-order valence-electron chi connectivity index (χ2n) is 6.85. The first-order chi connectivity index (χ1) is 11.5. The molecule has 1 amide bonds. The molecule has 1 atom stereocenters. The standard InChI is InChI=1S/C19H24N4O/c1-12(2)11-20-18(24)16-9-13(3)21-19(22-16)23-14(4)10-15-7-5-6-8-17(15)23/h5-9,12,14H,10-11H2,1-4H3,(H,20,24). The van der Waals surface area contributed by atoms with Gasteiger partial charge in [0.05, 0.1) is 0 Å². The molecule has 2 heterocycles. The molecule has 0 aliphatic carbocycles. The van der Waals surface area contributed by atoms with Crippen molar-refractivity contribution in [3.05, 3.63) is 47.3 Å². The SMILES string of the molecule is Cc1cc(C(=O)NCC(C)C)nc(N2c3ccccc3CC2C)n1. The Kier molecular flexibility index (Phi) is 4.51. The van der Waals surface area contributed by atoms with Crippen LogP contribution in [-0.2, 0) is 6.42 Å². The molecule has 5 heteroatoms. The molecule has 24 heavy (non-hydrogen) atoms. The summed E-state index contributed by atoms with van der Waals surface area (Å²) in [5.74, 6) is 0.861. The summed E-state index contributed by atoms with van der Waals surface area (Å²) >= 11 is 0. The number of nitrogens with one attached hydrogen (secondary N) is 1. The number of para-hydroxylation sites is 1. The Morgan fingerprint density at radius 1 is 1.33 bits per heavy atom. The normalized spacial score (nSPS) is 16.4. The minimum atomic E-state index is -0.143. The third-order valence-electron chi connectivity index (χ3n) is 4.17. The summed E-state index contributed by atoms with van der Waals surface area (Å²) in [4.78, 5) is 23.6. The van der Waals surface area contributed by atoms with Crippen molar-refractivity contribution in [2.75, 3.05) is 11.4 Å². The minimum absolute atomic E-state index is 0.143. The van der Waals surface area contributed by atoms with E-state index in [0.29, 0.717) is 24.1 Å². The maximum atomic E-state index is 12.4. The molecule has 1 unspecified atom stereocenters. The summed E-state index contributed by atoms with van der Waals surface area (Å²) < 4.78 is 0. The summed E-state index contributed by atoms with van der Waals surface area (Å²) in [6.45, 7) is 8.83. The lowest BCUT2D eigenvalue weighted by Gasteiger charge is -2.23. The number of benzene rings is 1. The number of hydrogen-bond acceptors (Lipinski definition) is 4. The molecular formula is C19H24N4O. The van der Waals surface area contributed by atoms with Crippen molar-refractivity contribution in [3.8, 4) is 0 Å². The van der Waals surface area contributed by atoms with Gasteiger partial charge < -0.3 is 10.2 Å². The van der Waals surface area contributed by atoms with Gasteiger partial charge in [0.25, 0.3) is 5.91 Å². The molecule has 1 aliphatic heterocycles. The van der Waals surface area contributed by atoms with Gasteiger partial charge in [-0.3, -0.25) is 4.79 Å². The zero-order valence-corrected chi connectivity index (χ0v) is 14.7. The number of fused-ring (bicyclic) bond motifs is 1. The maximum Gasteiger partial charge on any atom is 0.270 e. The molecule has 1 aromatic carbocycles. The van der Waals surface area contributed by atoms with Gasteiger partial charge >= 0.3 is 0 Å². The highest BCUT2D eigenvalue weighted by Gasteiger charge is 2.29. The highest BCUT2D eigenvalue weighted by atomic mass is 16.1. The smallest absolute Gasteiger partial charge is 0.270 e. The lowest BCUT2D eigenvalue weighted by molar-refractivity contribution is 0.0944. The monoisotopic (exact) mass is 324 g/mol. The minimum Gasteiger partial charge on any atom is -0.350 e. The van der Waals surface area contributed by atoms with Crippen LogP contribution in [0.2, 0.25) is 0 Å². The van der Waals surface area contributed by atoms with Crippen LogP contribution < -0.4 is 10.2 Å². The van der Waals surface area contributed by atoms with Gasteiger partial charge in [0.15, 0.2) is 0 Å². The van der Waals surface area contributed by atoms with Crippen LogP contribution in [0.1, 0.15) is 42.5 Å². The van der Waals surface area contributed by atoms with Gasteiger partial charge in [0.2, 0.25) is 5.95 Å². The number of nitrogens with zero attached hydrogens (tertiary/aromatic N) is 3. The molecule has 0 spiro atoms. The molecule has 126 valence electrons. The van der Waals surface area contributed by atoms with E-state index in [4.69, 9.17) is 0 Å². The lowest BCUT2D eigenvalue weighted by Crippen LogP contribution is -2.30. The number of rotatable bonds is 4. The third kappa shape index (κ3) is 3.25. The number of carbonyl (C=O) groups is 1. The van der Waals surface area contributed by atoms with Gasteiger partial charge in [-0.1, -0.05) is 32.0 Å². The highest BCUT2D eigenvalue weighted by molar-refractivity contribution is 5.92. The Morgan fingerprint density at radius 3 is 2.83 bits per heavy atom. The van der Waals surface area contributed by atoms with E-state index >= 15 is 0 Å². The van der Waals surface area contributed by atoms with Crippen molar-refractivity contribution < 1.29 is 4.79 Å². The first-order valence-corrected chi connectivity index (χ1v) is 8.46. The van der Waals surface area contributed by atoms with Crippen molar-refractivity contribution in [1.82, 2.24) is 15.3 Å². The molecule has 3 rings (SSSR count). The number of anilines is 2. The van der Waals surface area contributed by atoms with Gasteiger partial charge in [-0.05, 0) is 43.9 Å². The largest absolute Gasteiger partial charge is 0.350 e. The molecule has 1 aromatic heterocycles. The Hall–Kier alpha value is -2.43.